The van der Waals surface area contributed by atoms with E-state index < -0.39 is 0 Å². The van der Waals surface area contributed by atoms with Crippen molar-refractivity contribution in [3.63, 3.8) is 0 Å². The molecule has 1 fully saturated rings. The minimum atomic E-state index is -0.331. The molecule has 0 spiro atoms. The molecule has 1 aromatic carbocycles. The monoisotopic (exact) mass is 385 g/mol. The Balaban J connectivity index is 2.41. The second kappa shape index (κ2) is 6.75. The minimum absolute atomic E-state index is 0.0685. The standard InChI is InChI=1S/C15H16BrNO4S/c1-4-8(2)17-14(19)12(22-15(17)20)6-9-5-10(16)7-11(21-3)13(9)18/h5-8,18H,4H2,1-3H3/b12-6+. The van der Waals surface area contributed by atoms with Crippen LogP contribution >= 0.6 is 27.7 Å². The molecule has 1 heterocycles. The van der Waals surface area contributed by atoms with Crippen molar-refractivity contribution in [2.45, 2.75) is 26.3 Å². The van der Waals surface area contributed by atoms with Crippen LogP contribution in [0.5, 0.6) is 11.5 Å². The number of phenols is 1. The normalized spacial score (nSPS) is 18.2. The number of hydrogen-bond donors (Lipinski definition) is 1. The first-order chi connectivity index (χ1) is 10.4. The van der Waals surface area contributed by atoms with Crippen molar-refractivity contribution in [1.82, 2.24) is 4.90 Å². The van der Waals surface area contributed by atoms with E-state index in [1.807, 2.05) is 13.8 Å². The Bertz CT molecular complexity index is 659. The van der Waals surface area contributed by atoms with E-state index in [0.717, 1.165) is 11.8 Å². The Morgan fingerprint density at radius 1 is 1.45 bits per heavy atom. The third-order valence-electron chi connectivity index (χ3n) is 3.43. The molecule has 1 aliphatic rings. The maximum atomic E-state index is 12.4. The lowest BCUT2D eigenvalue weighted by atomic mass is 10.1. The Morgan fingerprint density at radius 3 is 2.73 bits per heavy atom. The van der Waals surface area contributed by atoms with Gasteiger partial charge in [-0.1, -0.05) is 22.9 Å². The number of thioether (sulfide) groups is 1. The van der Waals surface area contributed by atoms with E-state index in [-0.39, 0.29) is 22.9 Å². The van der Waals surface area contributed by atoms with Crippen LogP contribution in [0.3, 0.4) is 0 Å². The van der Waals surface area contributed by atoms with Crippen molar-refractivity contribution >= 4 is 44.9 Å². The zero-order valence-corrected chi connectivity index (χ0v) is 14.8. The topological polar surface area (TPSA) is 66.8 Å². The summed E-state index contributed by atoms with van der Waals surface area (Å²) < 4.78 is 5.78. The summed E-state index contributed by atoms with van der Waals surface area (Å²) >= 11 is 4.20. The van der Waals surface area contributed by atoms with Gasteiger partial charge in [0, 0.05) is 16.1 Å². The number of benzene rings is 1. The van der Waals surface area contributed by atoms with Gasteiger partial charge in [-0.15, -0.1) is 0 Å². The zero-order chi connectivity index (χ0) is 16.4. The van der Waals surface area contributed by atoms with Crippen LogP contribution in [-0.4, -0.2) is 34.3 Å². The Morgan fingerprint density at radius 2 is 2.14 bits per heavy atom. The first-order valence-electron chi connectivity index (χ1n) is 6.72. The molecular formula is C15H16BrNO4S. The van der Waals surface area contributed by atoms with Crippen LogP contribution in [0.4, 0.5) is 4.79 Å². The van der Waals surface area contributed by atoms with Crippen molar-refractivity contribution in [3.8, 4) is 11.5 Å². The fourth-order valence-corrected chi connectivity index (χ4v) is 3.42. The van der Waals surface area contributed by atoms with Crippen molar-refractivity contribution in [1.29, 1.82) is 0 Å². The molecule has 0 radical (unpaired) electrons. The molecule has 0 bridgehead atoms. The van der Waals surface area contributed by atoms with Gasteiger partial charge in [-0.05, 0) is 43.3 Å². The summed E-state index contributed by atoms with van der Waals surface area (Å²) in [4.78, 5) is 25.9. The lowest BCUT2D eigenvalue weighted by Crippen LogP contribution is -2.36. The van der Waals surface area contributed by atoms with Crippen LogP contribution < -0.4 is 4.74 Å². The molecule has 1 saturated heterocycles. The summed E-state index contributed by atoms with van der Waals surface area (Å²) in [7, 11) is 1.45. The molecule has 0 aromatic heterocycles. The third kappa shape index (κ3) is 3.15. The number of halogens is 1. The van der Waals surface area contributed by atoms with Gasteiger partial charge in [0.1, 0.15) is 0 Å². The van der Waals surface area contributed by atoms with Crippen LogP contribution in [-0.2, 0) is 4.79 Å². The summed E-state index contributed by atoms with van der Waals surface area (Å²) in [6.07, 6.45) is 2.21. The van der Waals surface area contributed by atoms with Crippen molar-refractivity contribution in [2.24, 2.45) is 0 Å². The molecule has 118 valence electrons. The summed E-state index contributed by atoms with van der Waals surface area (Å²) in [5.74, 6) is -0.106. The van der Waals surface area contributed by atoms with Gasteiger partial charge in [-0.2, -0.15) is 0 Å². The van der Waals surface area contributed by atoms with Gasteiger partial charge in [0.2, 0.25) is 0 Å². The highest BCUT2D eigenvalue weighted by Crippen LogP contribution is 2.39. The van der Waals surface area contributed by atoms with Gasteiger partial charge in [-0.25, -0.2) is 0 Å². The molecule has 7 heteroatoms. The Hall–Kier alpha value is -1.47. The molecular weight excluding hydrogens is 370 g/mol. The molecule has 1 unspecified atom stereocenters. The number of carbonyl (C=O) groups is 2. The average Bonchev–Trinajstić information content (AvgIpc) is 2.76. The van der Waals surface area contributed by atoms with Gasteiger partial charge < -0.3 is 9.84 Å². The van der Waals surface area contributed by atoms with Crippen molar-refractivity contribution in [3.05, 3.63) is 27.1 Å². The largest absolute Gasteiger partial charge is 0.504 e. The van der Waals surface area contributed by atoms with Gasteiger partial charge in [-0.3, -0.25) is 14.5 Å². The summed E-state index contributed by atoms with van der Waals surface area (Å²) in [5, 5.41) is 9.85. The third-order valence-corrected chi connectivity index (χ3v) is 4.77. The number of nitrogens with zero attached hydrogens (tertiary/aromatic N) is 1. The highest BCUT2D eigenvalue weighted by molar-refractivity contribution is 9.10. The molecule has 5 nitrogen and oxygen atoms in total. The fraction of sp³-hybridized carbons (Fsp3) is 0.333. The molecule has 1 atom stereocenters. The van der Waals surface area contributed by atoms with Crippen molar-refractivity contribution < 1.29 is 19.4 Å². The van der Waals surface area contributed by atoms with E-state index in [0.29, 0.717) is 27.1 Å². The van der Waals surface area contributed by atoms with Gasteiger partial charge in [0.15, 0.2) is 11.5 Å². The van der Waals surface area contributed by atoms with E-state index >= 15 is 0 Å². The van der Waals surface area contributed by atoms with E-state index in [2.05, 4.69) is 15.9 Å². The van der Waals surface area contributed by atoms with E-state index in [9.17, 15) is 14.7 Å². The lowest BCUT2D eigenvalue weighted by molar-refractivity contribution is -0.124. The number of ether oxygens (including phenoxy) is 1. The molecule has 0 aliphatic carbocycles. The minimum Gasteiger partial charge on any atom is -0.504 e. The predicted octanol–water partition coefficient (Wildman–Crippen LogP) is 4.00. The quantitative estimate of drug-likeness (QED) is 0.793. The zero-order valence-electron chi connectivity index (χ0n) is 12.4. The number of amides is 2. The first-order valence-corrected chi connectivity index (χ1v) is 8.33. The lowest BCUT2D eigenvalue weighted by Gasteiger charge is -2.19. The Labute approximate surface area is 141 Å². The highest BCUT2D eigenvalue weighted by atomic mass is 79.9. The number of methoxy groups -OCH3 is 1. The Kier molecular flexibility index (Phi) is 5.18. The fourth-order valence-electron chi connectivity index (χ4n) is 2.04. The number of carbonyl (C=O) groups excluding carboxylic acids is 2. The number of rotatable bonds is 4. The molecule has 0 saturated carbocycles. The highest BCUT2D eigenvalue weighted by Gasteiger charge is 2.37. The maximum absolute atomic E-state index is 12.4. The molecule has 1 N–H and O–H groups in total. The number of hydrogen-bond acceptors (Lipinski definition) is 5. The predicted molar refractivity (Wildman–Crippen MR) is 89.9 cm³/mol. The summed E-state index contributed by atoms with van der Waals surface area (Å²) in [6.45, 7) is 3.75. The SMILES string of the molecule is CCC(C)N1C(=O)S/C(=C/c2cc(Br)cc(OC)c2O)C1=O. The van der Waals surface area contributed by atoms with Gasteiger partial charge in [0.05, 0.1) is 12.0 Å². The van der Waals surface area contributed by atoms with Crippen LogP contribution in [0, 0.1) is 0 Å². The van der Waals surface area contributed by atoms with E-state index in [1.54, 1.807) is 12.1 Å². The summed E-state index contributed by atoms with van der Waals surface area (Å²) in [6, 6.07) is 3.14. The second-order valence-electron chi connectivity index (χ2n) is 4.85. The van der Waals surface area contributed by atoms with E-state index in [4.69, 9.17) is 4.74 Å². The molecule has 1 aromatic rings. The number of imide groups is 1. The number of aromatic hydroxyl groups is 1. The molecule has 2 rings (SSSR count). The van der Waals surface area contributed by atoms with Crippen LogP contribution in [0.2, 0.25) is 0 Å². The van der Waals surface area contributed by atoms with Crippen LogP contribution in [0.15, 0.2) is 21.5 Å². The number of phenolic OH excluding ortho intramolecular Hbond substituents is 1. The van der Waals surface area contributed by atoms with Crippen molar-refractivity contribution in [2.75, 3.05) is 7.11 Å². The second-order valence-corrected chi connectivity index (χ2v) is 6.76. The van der Waals surface area contributed by atoms with Gasteiger partial charge in [0.25, 0.3) is 11.1 Å². The van der Waals surface area contributed by atoms with Crippen LogP contribution in [0.25, 0.3) is 6.08 Å². The van der Waals surface area contributed by atoms with Crippen LogP contribution in [0.1, 0.15) is 25.8 Å². The smallest absolute Gasteiger partial charge is 0.293 e. The average molecular weight is 386 g/mol. The summed E-state index contributed by atoms with van der Waals surface area (Å²) in [5.41, 5.74) is 0.417. The first kappa shape index (κ1) is 16.9. The van der Waals surface area contributed by atoms with E-state index in [1.165, 1.54) is 18.1 Å². The molecule has 1 aliphatic heterocycles. The van der Waals surface area contributed by atoms with Gasteiger partial charge >= 0.3 is 0 Å². The molecule has 2 amide bonds. The molecule has 22 heavy (non-hydrogen) atoms. The maximum Gasteiger partial charge on any atom is 0.293 e.